The van der Waals surface area contributed by atoms with Crippen molar-refractivity contribution in [3.8, 4) is 0 Å². The molecule has 0 aliphatic heterocycles. The zero-order valence-electron chi connectivity index (χ0n) is 11.8. The van der Waals surface area contributed by atoms with E-state index >= 15 is 0 Å². The minimum Gasteiger partial charge on any atom is -0.324 e. The molecule has 0 spiro atoms. The summed E-state index contributed by atoms with van der Waals surface area (Å²) in [4.78, 5) is 4.58. The van der Waals surface area contributed by atoms with Gasteiger partial charge in [0, 0.05) is 28.8 Å². The molecule has 0 radical (unpaired) electrons. The molecule has 2 nitrogen and oxygen atoms in total. The van der Waals surface area contributed by atoms with Gasteiger partial charge in [-0.1, -0.05) is 44.5 Å². The first-order valence-electron chi connectivity index (χ1n) is 6.43. The highest BCUT2D eigenvalue weighted by Gasteiger charge is 2.20. The largest absolute Gasteiger partial charge is 0.324 e. The van der Waals surface area contributed by atoms with Gasteiger partial charge in [0.25, 0.3) is 0 Å². The van der Waals surface area contributed by atoms with E-state index in [0.717, 1.165) is 10.7 Å². The van der Waals surface area contributed by atoms with E-state index in [-0.39, 0.29) is 10.4 Å². The van der Waals surface area contributed by atoms with Crippen molar-refractivity contribution in [2.24, 2.45) is 5.73 Å². The lowest BCUT2D eigenvalue weighted by atomic mass is 9.93. The molecule has 0 bridgehead atoms. The Labute approximate surface area is 127 Å². The van der Waals surface area contributed by atoms with Gasteiger partial charge in [-0.2, -0.15) is 0 Å². The van der Waals surface area contributed by atoms with Crippen LogP contribution in [0.4, 0.5) is 4.39 Å². The molecule has 1 unspecified atom stereocenters. The Morgan fingerprint density at radius 3 is 2.70 bits per heavy atom. The Morgan fingerprint density at radius 2 is 2.10 bits per heavy atom. The van der Waals surface area contributed by atoms with Crippen LogP contribution in [0.3, 0.4) is 0 Å². The number of halogens is 2. The summed E-state index contributed by atoms with van der Waals surface area (Å²) in [6.07, 6.45) is 0.512. The molecule has 2 N–H and O–H groups in total. The van der Waals surface area contributed by atoms with E-state index in [1.54, 1.807) is 23.5 Å². The third-order valence-electron chi connectivity index (χ3n) is 3.10. The number of rotatable bonds is 3. The summed E-state index contributed by atoms with van der Waals surface area (Å²) in [6, 6.07) is 4.47. The lowest BCUT2D eigenvalue weighted by Gasteiger charge is -2.15. The van der Waals surface area contributed by atoms with E-state index in [4.69, 9.17) is 17.3 Å². The quantitative estimate of drug-likeness (QED) is 0.907. The van der Waals surface area contributed by atoms with E-state index in [9.17, 15) is 4.39 Å². The molecule has 1 aromatic carbocycles. The van der Waals surface area contributed by atoms with Crippen LogP contribution in [0.15, 0.2) is 23.6 Å². The normalized spacial score (nSPS) is 13.5. The summed E-state index contributed by atoms with van der Waals surface area (Å²) >= 11 is 7.34. The SMILES string of the molecule is CC(C)(C)c1csc(CC(N)c2cccc(Cl)c2F)n1. The molecule has 2 rings (SSSR count). The van der Waals surface area contributed by atoms with Gasteiger partial charge in [0.2, 0.25) is 0 Å². The van der Waals surface area contributed by atoms with Gasteiger partial charge in [-0.3, -0.25) is 0 Å². The van der Waals surface area contributed by atoms with Gasteiger partial charge >= 0.3 is 0 Å². The predicted octanol–water partition coefficient (Wildman–Crippen LogP) is 4.48. The van der Waals surface area contributed by atoms with Gasteiger partial charge in [0.1, 0.15) is 5.82 Å². The second kappa shape index (κ2) is 5.80. The van der Waals surface area contributed by atoms with Gasteiger partial charge < -0.3 is 5.73 Å². The van der Waals surface area contributed by atoms with Crippen molar-refractivity contribution in [1.82, 2.24) is 4.98 Å². The van der Waals surface area contributed by atoms with Crippen LogP contribution in [-0.2, 0) is 11.8 Å². The molecule has 0 aliphatic carbocycles. The van der Waals surface area contributed by atoms with E-state index in [1.165, 1.54) is 6.07 Å². The molecule has 5 heteroatoms. The van der Waals surface area contributed by atoms with Crippen molar-refractivity contribution in [2.75, 3.05) is 0 Å². The fourth-order valence-corrected chi connectivity index (χ4v) is 3.12. The van der Waals surface area contributed by atoms with Gasteiger partial charge in [-0.25, -0.2) is 9.37 Å². The third-order valence-corrected chi connectivity index (χ3v) is 4.26. The highest BCUT2D eigenvalue weighted by Crippen LogP contribution is 2.28. The van der Waals surface area contributed by atoms with Gasteiger partial charge in [-0.05, 0) is 6.07 Å². The maximum atomic E-state index is 13.9. The number of aromatic nitrogens is 1. The average Bonchev–Trinajstić information content (AvgIpc) is 2.81. The van der Waals surface area contributed by atoms with Gasteiger partial charge in [0.05, 0.1) is 15.7 Å². The molecule has 1 aromatic heterocycles. The van der Waals surface area contributed by atoms with E-state index < -0.39 is 11.9 Å². The fourth-order valence-electron chi connectivity index (χ4n) is 1.85. The van der Waals surface area contributed by atoms with Crippen LogP contribution in [0.2, 0.25) is 5.02 Å². The highest BCUT2D eigenvalue weighted by molar-refractivity contribution is 7.09. The lowest BCUT2D eigenvalue weighted by Crippen LogP contribution is -2.16. The lowest BCUT2D eigenvalue weighted by molar-refractivity contribution is 0.563. The second-order valence-electron chi connectivity index (χ2n) is 5.83. The van der Waals surface area contributed by atoms with Crippen LogP contribution in [0, 0.1) is 5.82 Å². The van der Waals surface area contributed by atoms with Crippen molar-refractivity contribution < 1.29 is 4.39 Å². The first-order valence-corrected chi connectivity index (χ1v) is 7.69. The highest BCUT2D eigenvalue weighted by atomic mass is 35.5. The number of benzene rings is 1. The van der Waals surface area contributed by atoms with Crippen LogP contribution in [0.5, 0.6) is 0 Å². The zero-order chi connectivity index (χ0) is 14.9. The molecule has 20 heavy (non-hydrogen) atoms. The monoisotopic (exact) mass is 312 g/mol. The van der Waals surface area contributed by atoms with E-state index in [2.05, 4.69) is 25.8 Å². The topological polar surface area (TPSA) is 38.9 Å². The summed E-state index contributed by atoms with van der Waals surface area (Å²) in [7, 11) is 0. The van der Waals surface area contributed by atoms with Crippen LogP contribution in [-0.4, -0.2) is 4.98 Å². The standard InChI is InChI=1S/C15H18ClFN2S/c1-15(2,3)12-8-20-13(19-12)7-11(18)9-5-4-6-10(16)14(9)17/h4-6,8,11H,7,18H2,1-3H3. The van der Waals surface area contributed by atoms with Crippen molar-refractivity contribution in [3.63, 3.8) is 0 Å². The first kappa shape index (κ1) is 15.4. The molecule has 0 amide bonds. The van der Waals surface area contributed by atoms with Crippen molar-refractivity contribution in [3.05, 3.63) is 50.7 Å². The van der Waals surface area contributed by atoms with Gasteiger partial charge in [0.15, 0.2) is 0 Å². The molecule has 108 valence electrons. The zero-order valence-corrected chi connectivity index (χ0v) is 13.4. The number of thiazole rings is 1. The van der Waals surface area contributed by atoms with Crippen LogP contribution >= 0.6 is 22.9 Å². The molecule has 2 aromatic rings. The summed E-state index contributed by atoms with van der Waals surface area (Å²) < 4.78 is 13.9. The summed E-state index contributed by atoms with van der Waals surface area (Å²) in [5, 5.41) is 3.06. The van der Waals surface area contributed by atoms with E-state index in [1.807, 2.05) is 5.38 Å². The Balaban J connectivity index is 2.18. The number of nitrogens with two attached hydrogens (primary N) is 1. The number of hydrogen-bond acceptors (Lipinski definition) is 3. The summed E-state index contributed by atoms with van der Waals surface area (Å²) in [5.74, 6) is -0.436. The molecule has 0 saturated heterocycles. The number of hydrogen-bond donors (Lipinski definition) is 1. The third kappa shape index (κ3) is 3.37. The first-order chi connectivity index (χ1) is 9.29. The van der Waals surface area contributed by atoms with Crippen LogP contribution in [0.25, 0.3) is 0 Å². The van der Waals surface area contributed by atoms with Crippen molar-refractivity contribution in [2.45, 2.75) is 38.6 Å². The fraction of sp³-hybridized carbons (Fsp3) is 0.400. The summed E-state index contributed by atoms with van der Waals surface area (Å²) in [5.41, 5.74) is 7.57. The predicted molar refractivity (Wildman–Crippen MR) is 82.9 cm³/mol. The minimum absolute atomic E-state index is 0.0140. The molecule has 1 atom stereocenters. The molecule has 0 fully saturated rings. The molecular formula is C15H18ClFN2S. The molecule has 1 heterocycles. The Morgan fingerprint density at radius 1 is 1.40 bits per heavy atom. The maximum absolute atomic E-state index is 13.9. The van der Waals surface area contributed by atoms with Gasteiger partial charge in [-0.15, -0.1) is 11.3 Å². The Hall–Kier alpha value is -0.970. The van der Waals surface area contributed by atoms with Crippen LogP contribution < -0.4 is 5.73 Å². The van der Waals surface area contributed by atoms with Crippen molar-refractivity contribution in [1.29, 1.82) is 0 Å². The molecule has 0 aliphatic rings. The second-order valence-corrected chi connectivity index (χ2v) is 7.18. The van der Waals surface area contributed by atoms with Crippen molar-refractivity contribution >= 4 is 22.9 Å². The minimum atomic E-state index is -0.437. The van der Waals surface area contributed by atoms with E-state index in [0.29, 0.717) is 12.0 Å². The maximum Gasteiger partial charge on any atom is 0.146 e. The summed E-state index contributed by atoms with van der Waals surface area (Å²) in [6.45, 7) is 6.34. The number of nitrogens with zero attached hydrogens (tertiary/aromatic N) is 1. The average molecular weight is 313 g/mol. The Kier molecular flexibility index (Phi) is 4.47. The molecule has 0 saturated carbocycles. The smallest absolute Gasteiger partial charge is 0.146 e. The van der Waals surface area contributed by atoms with Crippen LogP contribution in [0.1, 0.15) is 43.1 Å². The Bertz CT molecular complexity index is 604. The molecular weight excluding hydrogens is 295 g/mol.